The van der Waals surface area contributed by atoms with E-state index in [1.165, 1.54) is 19.3 Å². The molecule has 1 aliphatic heterocycles. The predicted molar refractivity (Wildman–Crippen MR) is 71.0 cm³/mol. The van der Waals surface area contributed by atoms with Crippen LogP contribution in [0.5, 0.6) is 0 Å². The van der Waals surface area contributed by atoms with Crippen LogP contribution in [0.25, 0.3) is 0 Å². The maximum atomic E-state index is 11.9. The number of hydrogen-bond donors (Lipinski definition) is 2. The highest BCUT2D eigenvalue weighted by molar-refractivity contribution is 6.08. The van der Waals surface area contributed by atoms with Gasteiger partial charge in [-0.3, -0.25) is 15.1 Å². The van der Waals surface area contributed by atoms with Crippen LogP contribution in [0.1, 0.15) is 59.8 Å². The number of aliphatic imine (C=N–C) groups is 1. The number of carbonyl (C=O) groups is 1. The first-order valence-electron chi connectivity index (χ1n) is 6.65. The molecule has 0 aromatic rings. The molecular formula is C13H25N3O. The van der Waals surface area contributed by atoms with Crippen LogP contribution < -0.4 is 10.6 Å². The molecule has 0 radical (unpaired) electrons. The Morgan fingerprint density at radius 1 is 1.29 bits per heavy atom. The van der Waals surface area contributed by atoms with Crippen molar-refractivity contribution in [3.63, 3.8) is 0 Å². The maximum absolute atomic E-state index is 11.9. The van der Waals surface area contributed by atoms with Gasteiger partial charge in [0.2, 0.25) is 0 Å². The minimum Gasteiger partial charge on any atom is -0.342 e. The Balaban J connectivity index is 2.50. The van der Waals surface area contributed by atoms with Gasteiger partial charge in [-0.2, -0.15) is 0 Å². The summed E-state index contributed by atoms with van der Waals surface area (Å²) < 4.78 is 0. The van der Waals surface area contributed by atoms with Crippen LogP contribution in [0.15, 0.2) is 4.99 Å². The van der Waals surface area contributed by atoms with E-state index in [1.54, 1.807) is 0 Å². The fourth-order valence-corrected chi connectivity index (χ4v) is 2.00. The van der Waals surface area contributed by atoms with E-state index in [9.17, 15) is 4.79 Å². The van der Waals surface area contributed by atoms with Gasteiger partial charge in [-0.1, -0.05) is 32.6 Å². The normalized spacial score (nSPS) is 26.4. The molecule has 0 spiro atoms. The van der Waals surface area contributed by atoms with Gasteiger partial charge in [0.1, 0.15) is 5.54 Å². The number of amides is 1. The topological polar surface area (TPSA) is 53.5 Å². The Bertz CT molecular complexity index is 299. The molecule has 0 saturated carbocycles. The first-order valence-corrected chi connectivity index (χ1v) is 6.65. The molecule has 1 amide bonds. The summed E-state index contributed by atoms with van der Waals surface area (Å²) in [7, 11) is 0. The van der Waals surface area contributed by atoms with Crippen LogP contribution in [0, 0.1) is 0 Å². The zero-order chi connectivity index (χ0) is 12.9. The van der Waals surface area contributed by atoms with E-state index < -0.39 is 5.54 Å². The van der Waals surface area contributed by atoms with Crippen LogP contribution in [0.3, 0.4) is 0 Å². The zero-order valence-electron chi connectivity index (χ0n) is 11.5. The van der Waals surface area contributed by atoms with E-state index in [4.69, 9.17) is 0 Å². The van der Waals surface area contributed by atoms with Gasteiger partial charge in [-0.25, -0.2) is 0 Å². The summed E-state index contributed by atoms with van der Waals surface area (Å²) in [5.41, 5.74) is -0.471. The molecule has 2 N–H and O–H groups in total. The molecule has 4 heteroatoms. The molecule has 4 nitrogen and oxygen atoms in total. The standard InChI is InChI=1S/C13H25N3O/c1-5-6-7-8-9-13(4)11(17)15-12(16-13)14-10(2)3/h10H,5-9H2,1-4H3,(H2,14,15,16,17). The predicted octanol–water partition coefficient (Wildman–Crippen LogP) is 2.20. The molecule has 98 valence electrons. The van der Waals surface area contributed by atoms with Gasteiger partial charge in [0, 0.05) is 6.04 Å². The van der Waals surface area contributed by atoms with Crippen LogP contribution >= 0.6 is 0 Å². The summed E-state index contributed by atoms with van der Waals surface area (Å²) in [5, 5.41) is 6.03. The highest BCUT2D eigenvalue weighted by Crippen LogP contribution is 2.19. The first-order chi connectivity index (χ1) is 7.98. The van der Waals surface area contributed by atoms with Gasteiger partial charge in [-0.05, 0) is 27.2 Å². The number of nitrogens with one attached hydrogen (secondary N) is 2. The van der Waals surface area contributed by atoms with Crippen molar-refractivity contribution in [2.75, 3.05) is 0 Å². The summed E-state index contributed by atoms with van der Waals surface area (Å²) in [6.45, 7) is 8.14. The van der Waals surface area contributed by atoms with E-state index in [1.807, 2.05) is 20.8 Å². The number of hydrogen-bond acceptors (Lipinski definition) is 2. The summed E-state index contributed by atoms with van der Waals surface area (Å²) in [4.78, 5) is 16.2. The Labute approximate surface area is 104 Å². The smallest absolute Gasteiger partial charge is 0.252 e. The molecule has 0 aromatic heterocycles. The third kappa shape index (κ3) is 4.02. The number of carbonyl (C=O) groups excluding carboxylic acids is 1. The fourth-order valence-electron chi connectivity index (χ4n) is 2.00. The van der Waals surface area contributed by atoms with E-state index in [0.29, 0.717) is 5.96 Å². The first kappa shape index (κ1) is 14.0. The molecule has 1 atom stereocenters. The van der Waals surface area contributed by atoms with Gasteiger partial charge in [-0.15, -0.1) is 0 Å². The average molecular weight is 239 g/mol. The number of unbranched alkanes of at least 4 members (excludes halogenated alkanes) is 3. The lowest BCUT2D eigenvalue weighted by Gasteiger charge is -2.20. The van der Waals surface area contributed by atoms with Crippen molar-refractivity contribution in [2.24, 2.45) is 4.99 Å². The van der Waals surface area contributed by atoms with Crippen LogP contribution in [0.4, 0.5) is 0 Å². The Hall–Kier alpha value is -1.06. The second-order valence-electron chi connectivity index (χ2n) is 5.29. The second-order valence-corrected chi connectivity index (χ2v) is 5.29. The van der Waals surface area contributed by atoms with E-state index in [2.05, 4.69) is 22.5 Å². The van der Waals surface area contributed by atoms with Gasteiger partial charge >= 0.3 is 0 Å². The highest BCUT2D eigenvalue weighted by Gasteiger charge is 2.39. The van der Waals surface area contributed by atoms with Gasteiger partial charge in [0.25, 0.3) is 5.91 Å². The van der Waals surface area contributed by atoms with E-state index in [0.717, 1.165) is 12.8 Å². The Kier molecular flexibility index (Phi) is 4.97. The van der Waals surface area contributed by atoms with E-state index in [-0.39, 0.29) is 11.9 Å². The molecule has 1 saturated heterocycles. The third-order valence-electron chi connectivity index (χ3n) is 3.05. The molecule has 1 unspecified atom stereocenters. The average Bonchev–Trinajstić information content (AvgIpc) is 2.49. The quantitative estimate of drug-likeness (QED) is 0.698. The Morgan fingerprint density at radius 3 is 2.59 bits per heavy atom. The van der Waals surface area contributed by atoms with Crippen molar-refractivity contribution < 1.29 is 4.79 Å². The van der Waals surface area contributed by atoms with Crippen LogP contribution in [0.2, 0.25) is 0 Å². The molecule has 17 heavy (non-hydrogen) atoms. The van der Waals surface area contributed by atoms with Crippen molar-refractivity contribution in [3.8, 4) is 0 Å². The highest BCUT2D eigenvalue weighted by atomic mass is 16.2. The lowest BCUT2D eigenvalue weighted by molar-refractivity contribution is -0.123. The molecule has 0 bridgehead atoms. The fraction of sp³-hybridized carbons (Fsp3) is 0.846. The molecule has 0 aliphatic carbocycles. The summed E-state index contributed by atoms with van der Waals surface area (Å²) >= 11 is 0. The van der Waals surface area contributed by atoms with Crippen molar-refractivity contribution in [3.05, 3.63) is 0 Å². The van der Waals surface area contributed by atoms with Gasteiger partial charge in [0.15, 0.2) is 5.96 Å². The largest absolute Gasteiger partial charge is 0.342 e. The SMILES string of the molecule is CCCCCCC1(C)NC(=NC(C)C)NC1=O. The minimum absolute atomic E-state index is 0.0494. The monoisotopic (exact) mass is 239 g/mol. The molecule has 1 heterocycles. The summed E-state index contributed by atoms with van der Waals surface area (Å²) in [6, 6.07) is 0.195. The molecule has 1 aliphatic rings. The van der Waals surface area contributed by atoms with Gasteiger partial charge in [0.05, 0.1) is 0 Å². The van der Waals surface area contributed by atoms with E-state index >= 15 is 0 Å². The number of rotatable bonds is 6. The zero-order valence-corrected chi connectivity index (χ0v) is 11.5. The molecule has 1 rings (SSSR count). The maximum Gasteiger partial charge on any atom is 0.252 e. The van der Waals surface area contributed by atoms with Gasteiger partial charge < -0.3 is 5.32 Å². The van der Waals surface area contributed by atoms with Crippen LogP contribution in [-0.2, 0) is 4.79 Å². The summed E-state index contributed by atoms with van der Waals surface area (Å²) in [6.07, 6.45) is 5.61. The van der Waals surface area contributed by atoms with Crippen molar-refractivity contribution in [2.45, 2.75) is 71.4 Å². The second kappa shape index (κ2) is 6.03. The molecular weight excluding hydrogens is 214 g/mol. The number of nitrogens with zero attached hydrogens (tertiary/aromatic N) is 1. The van der Waals surface area contributed by atoms with Crippen LogP contribution in [-0.4, -0.2) is 23.4 Å². The number of guanidine groups is 1. The van der Waals surface area contributed by atoms with Crippen molar-refractivity contribution >= 4 is 11.9 Å². The molecule has 1 fully saturated rings. The minimum atomic E-state index is -0.471. The Morgan fingerprint density at radius 2 is 2.00 bits per heavy atom. The molecule has 0 aromatic carbocycles. The lowest BCUT2D eigenvalue weighted by Crippen LogP contribution is -2.43. The van der Waals surface area contributed by atoms with Crippen molar-refractivity contribution in [1.82, 2.24) is 10.6 Å². The third-order valence-corrected chi connectivity index (χ3v) is 3.05. The lowest BCUT2D eigenvalue weighted by atomic mass is 9.94. The summed E-state index contributed by atoms with van der Waals surface area (Å²) in [5.74, 6) is 0.677. The van der Waals surface area contributed by atoms with Crippen molar-refractivity contribution in [1.29, 1.82) is 0 Å².